The number of hydrogen-bond acceptors (Lipinski definition) is 5. The number of rotatable bonds is 2. The Labute approximate surface area is 259 Å². The van der Waals surface area contributed by atoms with Gasteiger partial charge in [0.25, 0.3) is 11.1 Å². The Kier molecular flexibility index (Phi) is 6.87. The number of benzene rings is 3. The Balaban J connectivity index is 1.58. The summed E-state index contributed by atoms with van der Waals surface area (Å²) in [7, 11) is 0. The fourth-order valence-corrected chi connectivity index (χ4v) is 6.76. The third-order valence-corrected chi connectivity index (χ3v) is 8.90. The molecule has 0 spiro atoms. The van der Waals surface area contributed by atoms with Crippen LogP contribution in [0, 0.1) is 0 Å². The molecule has 0 bridgehead atoms. The van der Waals surface area contributed by atoms with Crippen molar-refractivity contribution in [2.75, 3.05) is 11.4 Å². The molecule has 1 aliphatic rings. The van der Waals surface area contributed by atoms with Crippen LogP contribution in [-0.4, -0.2) is 26.1 Å². The fourth-order valence-electron chi connectivity index (χ4n) is 6.76. The lowest BCUT2D eigenvalue weighted by molar-refractivity contribution is 0.572. The number of aromatic amines is 1. The molecule has 6 rings (SSSR count). The molecule has 0 amide bonds. The zero-order valence-electron chi connectivity index (χ0n) is 27.4. The highest BCUT2D eigenvalue weighted by molar-refractivity contribution is 5.88. The molecule has 3 aromatic carbocycles. The van der Waals surface area contributed by atoms with E-state index in [0.717, 1.165) is 36.3 Å². The number of H-pyrrole nitrogens is 1. The second kappa shape index (κ2) is 10.1. The second-order valence-corrected chi connectivity index (χ2v) is 15.3. The molecule has 7 nitrogen and oxygen atoms in total. The summed E-state index contributed by atoms with van der Waals surface area (Å²) in [4.78, 5) is 42.1. The summed E-state index contributed by atoms with van der Waals surface area (Å²) in [6, 6.07) is 14.6. The standard InChI is InChI=1S/C37H43N5O2/c1-35(2,3)26-12-10-11-22-15-16-41(19-25(22)26)23-17-24-32(27(18-23)36(4,5)6)40-21-42(34(24)44)29-14-13-28-30(31(29)37(7,8)9)33(43)39-20-38-28/h10-14,17-18,20-21H,15-16,19H2,1-9H3,(H,38,39,43). The van der Waals surface area contributed by atoms with E-state index < -0.39 is 5.41 Å². The first-order chi connectivity index (χ1) is 20.6. The fraction of sp³-hybridized carbons (Fsp3) is 0.405. The monoisotopic (exact) mass is 589 g/mol. The average molecular weight is 590 g/mol. The van der Waals surface area contributed by atoms with Crippen molar-refractivity contribution >= 4 is 27.5 Å². The van der Waals surface area contributed by atoms with Crippen LogP contribution in [0.25, 0.3) is 27.5 Å². The summed E-state index contributed by atoms with van der Waals surface area (Å²) in [6.45, 7) is 21.1. The Morgan fingerprint density at radius 2 is 1.55 bits per heavy atom. The number of hydrogen-bond donors (Lipinski definition) is 1. The molecule has 3 heterocycles. The minimum Gasteiger partial charge on any atom is -0.367 e. The van der Waals surface area contributed by atoms with Gasteiger partial charge in [-0.3, -0.25) is 14.2 Å². The highest BCUT2D eigenvalue weighted by Gasteiger charge is 2.29. The average Bonchev–Trinajstić information content (AvgIpc) is 2.94. The summed E-state index contributed by atoms with van der Waals surface area (Å²) in [5.41, 5.74) is 7.95. The van der Waals surface area contributed by atoms with Crippen molar-refractivity contribution in [1.82, 2.24) is 19.5 Å². The molecule has 44 heavy (non-hydrogen) atoms. The second-order valence-electron chi connectivity index (χ2n) is 15.3. The van der Waals surface area contributed by atoms with E-state index in [4.69, 9.17) is 4.98 Å². The normalized spacial score (nSPS) is 14.3. The van der Waals surface area contributed by atoms with Gasteiger partial charge in [-0.15, -0.1) is 0 Å². The Morgan fingerprint density at radius 3 is 2.23 bits per heavy atom. The van der Waals surface area contributed by atoms with Crippen molar-refractivity contribution < 1.29 is 0 Å². The molecule has 0 atom stereocenters. The van der Waals surface area contributed by atoms with Gasteiger partial charge in [-0.1, -0.05) is 80.5 Å². The molecule has 0 saturated carbocycles. The molecule has 0 aliphatic carbocycles. The third-order valence-electron chi connectivity index (χ3n) is 8.90. The van der Waals surface area contributed by atoms with E-state index in [1.165, 1.54) is 23.0 Å². The maximum absolute atomic E-state index is 14.5. The molecule has 228 valence electrons. The van der Waals surface area contributed by atoms with Crippen molar-refractivity contribution in [3.8, 4) is 5.69 Å². The quantitative estimate of drug-likeness (QED) is 0.238. The molecule has 0 saturated heterocycles. The molecule has 5 aromatic rings. The number of anilines is 1. The predicted octanol–water partition coefficient (Wildman–Crippen LogP) is 7.08. The summed E-state index contributed by atoms with van der Waals surface area (Å²) < 4.78 is 1.61. The highest BCUT2D eigenvalue weighted by Crippen LogP contribution is 2.37. The van der Waals surface area contributed by atoms with E-state index >= 15 is 0 Å². The molecule has 0 fully saturated rings. The lowest BCUT2D eigenvalue weighted by Gasteiger charge is -2.35. The zero-order chi connectivity index (χ0) is 31.8. The largest absolute Gasteiger partial charge is 0.367 e. The maximum Gasteiger partial charge on any atom is 0.265 e. The van der Waals surface area contributed by atoms with Gasteiger partial charge in [0.1, 0.15) is 6.33 Å². The van der Waals surface area contributed by atoms with Crippen molar-refractivity contribution in [3.63, 3.8) is 0 Å². The molecule has 7 heteroatoms. The van der Waals surface area contributed by atoms with Crippen LogP contribution in [0.4, 0.5) is 5.69 Å². The maximum atomic E-state index is 14.5. The number of aromatic nitrogens is 4. The van der Waals surface area contributed by atoms with Crippen LogP contribution in [0.5, 0.6) is 0 Å². The van der Waals surface area contributed by atoms with E-state index in [1.807, 2.05) is 32.9 Å². The number of fused-ring (bicyclic) bond motifs is 3. The van der Waals surface area contributed by atoms with Crippen LogP contribution in [-0.2, 0) is 29.2 Å². The third kappa shape index (κ3) is 5.02. The lowest BCUT2D eigenvalue weighted by atomic mass is 9.80. The van der Waals surface area contributed by atoms with Crippen LogP contribution in [0.1, 0.15) is 90.1 Å². The first-order valence-corrected chi connectivity index (χ1v) is 15.5. The van der Waals surface area contributed by atoms with E-state index in [0.29, 0.717) is 27.5 Å². The highest BCUT2D eigenvalue weighted by atomic mass is 16.1. The summed E-state index contributed by atoms with van der Waals surface area (Å²) >= 11 is 0. The van der Waals surface area contributed by atoms with Gasteiger partial charge >= 0.3 is 0 Å². The van der Waals surface area contributed by atoms with Crippen molar-refractivity contribution in [2.45, 2.75) is 91.5 Å². The van der Waals surface area contributed by atoms with E-state index in [9.17, 15) is 9.59 Å². The first kappa shape index (κ1) is 29.8. The number of nitrogens with one attached hydrogen (secondary N) is 1. The SMILES string of the molecule is CC(C)(C)c1cccc2c1CN(c1cc(C(C)(C)C)c3ncn(-c4ccc5nc[nH]c(=O)c5c4C(C)(C)C)c(=O)c3c1)CC2. The van der Waals surface area contributed by atoms with Gasteiger partial charge in [-0.05, 0) is 74.7 Å². The predicted molar refractivity (Wildman–Crippen MR) is 181 cm³/mol. The number of nitrogens with zero attached hydrogens (tertiary/aromatic N) is 4. The minimum atomic E-state index is -0.441. The smallest absolute Gasteiger partial charge is 0.265 e. The summed E-state index contributed by atoms with van der Waals surface area (Å²) in [5.74, 6) is 0. The zero-order valence-corrected chi connectivity index (χ0v) is 27.4. The van der Waals surface area contributed by atoms with Gasteiger partial charge in [0.15, 0.2) is 0 Å². The molecular weight excluding hydrogens is 546 g/mol. The Hall–Kier alpha value is -4.26. The minimum absolute atomic E-state index is 0.0355. The summed E-state index contributed by atoms with van der Waals surface area (Å²) in [6.07, 6.45) is 3.99. The Bertz CT molecular complexity index is 2050. The van der Waals surface area contributed by atoms with Gasteiger partial charge in [0, 0.05) is 18.8 Å². The molecule has 2 aromatic heterocycles. The van der Waals surface area contributed by atoms with Crippen LogP contribution in [0.3, 0.4) is 0 Å². The van der Waals surface area contributed by atoms with Crippen molar-refractivity contribution in [2.24, 2.45) is 0 Å². The van der Waals surface area contributed by atoms with Crippen LogP contribution >= 0.6 is 0 Å². The van der Waals surface area contributed by atoms with Crippen molar-refractivity contribution in [1.29, 1.82) is 0 Å². The lowest BCUT2D eigenvalue weighted by Crippen LogP contribution is -2.33. The molecule has 0 radical (unpaired) electrons. The topological polar surface area (TPSA) is 83.9 Å². The summed E-state index contributed by atoms with van der Waals surface area (Å²) in [5, 5.41) is 1.07. The van der Waals surface area contributed by atoms with Gasteiger partial charge < -0.3 is 9.88 Å². The first-order valence-electron chi connectivity index (χ1n) is 15.5. The Morgan fingerprint density at radius 1 is 0.818 bits per heavy atom. The van der Waals surface area contributed by atoms with Gasteiger partial charge in [0.05, 0.1) is 33.8 Å². The van der Waals surface area contributed by atoms with Crippen molar-refractivity contribution in [3.05, 3.63) is 104 Å². The van der Waals surface area contributed by atoms with E-state index in [-0.39, 0.29) is 21.9 Å². The molecule has 1 N–H and O–H groups in total. The molecular formula is C37H43N5O2. The molecule has 1 aliphatic heterocycles. The van der Waals surface area contributed by atoms with Gasteiger partial charge in [-0.2, -0.15) is 0 Å². The van der Waals surface area contributed by atoms with Crippen LogP contribution in [0.15, 0.2) is 64.7 Å². The van der Waals surface area contributed by atoms with Crippen LogP contribution < -0.4 is 16.0 Å². The van der Waals surface area contributed by atoms with Gasteiger partial charge in [-0.25, -0.2) is 9.97 Å². The van der Waals surface area contributed by atoms with E-state index in [2.05, 4.69) is 80.7 Å². The molecule has 0 unspecified atom stereocenters. The van der Waals surface area contributed by atoms with Gasteiger partial charge in [0.2, 0.25) is 0 Å². The van der Waals surface area contributed by atoms with E-state index in [1.54, 1.807) is 17.0 Å². The van der Waals surface area contributed by atoms with Crippen LogP contribution in [0.2, 0.25) is 0 Å².